The first kappa shape index (κ1) is 22.4. The molecule has 0 radical (unpaired) electrons. The minimum absolute atomic E-state index is 0.0512. The van der Waals surface area contributed by atoms with Gasteiger partial charge in [-0.05, 0) is 49.2 Å². The van der Waals surface area contributed by atoms with Crippen LogP contribution in [0.1, 0.15) is 32.9 Å². The van der Waals surface area contributed by atoms with Gasteiger partial charge in [-0.15, -0.1) is 0 Å². The number of rotatable bonds is 5. The summed E-state index contributed by atoms with van der Waals surface area (Å²) in [5.74, 6) is -1.14. The lowest BCUT2D eigenvalue weighted by Crippen LogP contribution is -2.16. The highest BCUT2D eigenvalue weighted by atomic mass is 32.2. The number of alkyl halides is 3. The molecule has 0 unspecified atom stereocenters. The minimum Gasteiger partial charge on any atom is -0.452 e. The Kier molecular flexibility index (Phi) is 5.87. The lowest BCUT2D eigenvalue weighted by molar-refractivity contribution is -0.137. The van der Waals surface area contributed by atoms with Crippen molar-refractivity contribution < 1.29 is 35.6 Å². The van der Waals surface area contributed by atoms with Gasteiger partial charge in [0.2, 0.25) is 15.8 Å². The first-order valence-electron chi connectivity index (χ1n) is 8.67. The van der Waals surface area contributed by atoms with Crippen LogP contribution in [0.25, 0.3) is 11.4 Å². The smallest absolute Gasteiger partial charge is 0.416 e. The fourth-order valence-electron chi connectivity index (χ4n) is 2.72. The monoisotopic (exact) mass is 455 g/mol. The van der Waals surface area contributed by atoms with Gasteiger partial charge in [0, 0.05) is 5.56 Å². The predicted octanol–water partition coefficient (Wildman–Crippen LogP) is 3.38. The largest absolute Gasteiger partial charge is 0.452 e. The van der Waals surface area contributed by atoms with E-state index in [1.165, 1.54) is 18.2 Å². The summed E-state index contributed by atoms with van der Waals surface area (Å²) in [6.07, 6.45) is -4.53. The summed E-state index contributed by atoms with van der Waals surface area (Å²) in [5.41, 5.74) is 0.0702. The first-order chi connectivity index (χ1) is 14.4. The second-order valence-corrected chi connectivity index (χ2v) is 8.16. The number of benzene rings is 2. The molecule has 3 aromatic rings. The van der Waals surface area contributed by atoms with Gasteiger partial charge in [0.25, 0.3) is 5.89 Å². The molecule has 0 aliphatic rings. The molecule has 31 heavy (non-hydrogen) atoms. The molecular formula is C19H16F3N3O5S. The molecule has 0 bridgehead atoms. The van der Waals surface area contributed by atoms with Gasteiger partial charge in [-0.3, -0.25) is 0 Å². The van der Waals surface area contributed by atoms with Crippen LogP contribution in [0, 0.1) is 13.8 Å². The highest BCUT2D eigenvalue weighted by molar-refractivity contribution is 7.89. The Labute approximate surface area is 174 Å². The predicted molar refractivity (Wildman–Crippen MR) is 101 cm³/mol. The van der Waals surface area contributed by atoms with Gasteiger partial charge in [0.15, 0.2) is 6.61 Å². The third kappa shape index (κ3) is 5.09. The molecule has 12 heteroatoms. The zero-order valence-corrected chi connectivity index (χ0v) is 17.0. The topological polar surface area (TPSA) is 125 Å². The van der Waals surface area contributed by atoms with E-state index in [1.54, 1.807) is 13.8 Å². The number of hydrogen-bond donors (Lipinski definition) is 1. The maximum absolute atomic E-state index is 12.8. The summed E-state index contributed by atoms with van der Waals surface area (Å²) in [5, 5.41) is 8.76. The second kappa shape index (κ2) is 8.12. The molecule has 0 amide bonds. The number of carbonyl (C=O) groups is 1. The van der Waals surface area contributed by atoms with Crippen molar-refractivity contribution in [2.24, 2.45) is 5.14 Å². The number of sulfonamides is 1. The van der Waals surface area contributed by atoms with Gasteiger partial charge in [-0.1, -0.05) is 17.3 Å². The van der Waals surface area contributed by atoms with Crippen LogP contribution in [0.4, 0.5) is 13.2 Å². The van der Waals surface area contributed by atoms with Gasteiger partial charge in [0.1, 0.15) is 0 Å². The van der Waals surface area contributed by atoms with Crippen molar-refractivity contribution in [1.29, 1.82) is 0 Å². The molecule has 2 N–H and O–H groups in total. The highest BCUT2D eigenvalue weighted by Gasteiger charge is 2.30. The maximum Gasteiger partial charge on any atom is 0.416 e. The van der Waals surface area contributed by atoms with E-state index in [2.05, 4.69) is 10.1 Å². The van der Waals surface area contributed by atoms with Crippen LogP contribution in [0.3, 0.4) is 0 Å². The standard InChI is InChI=1S/C19H16F3N3O5S/c1-10-6-13(8-15(11(10)2)31(23,27)28)18(26)29-9-16-24-17(25-30-16)12-4-3-5-14(7-12)19(20,21)22/h3-8H,9H2,1-2H3,(H2,23,27,28). The average Bonchev–Trinajstić information content (AvgIpc) is 3.15. The number of nitrogens with zero attached hydrogens (tertiary/aromatic N) is 2. The molecule has 0 atom stereocenters. The summed E-state index contributed by atoms with van der Waals surface area (Å²) in [6.45, 7) is 2.69. The van der Waals surface area contributed by atoms with Crippen molar-refractivity contribution in [3.8, 4) is 11.4 Å². The Hall–Kier alpha value is -3.25. The molecule has 1 aromatic heterocycles. The zero-order chi connectivity index (χ0) is 23.0. The Morgan fingerprint density at radius 2 is 1.90 bits per heavy atom. The van der Waals surface area contributed by atoms with Crippen molar-refractivity contribution in [2.75, 3.05) is 0 Å². The number of carbonyl (C=O) groups excluding carboxylic acids is 1. The van der Waals surface area contributed by atoms with Gasteiger partial charge >= 0.3 is 12.1 Å². The summed E-state index contributed by atoms with van der Waals surface area (Å²) >= 11 is 0. The van der Waals surface area contributed by atoms with Crippen LogP contribution < -0.4 is 5.14 Å². The van der Waals surface area contributed by atoms with Crippen molar-refractivity contribution in [3.05, 3.63) is 64.5 Å². The van der Waals surface area contributed by atoms with Gasteiger partial charge < -0.3 is 9.26 Å². The number of esters is 1. The van der Waals surface area contributed by atoms with E-state index in [0.29, 0.717) is 11.1 Å². The summed E-state index contributed by atoms with van der Waals surface area (Å²) in [7, 11) is -4.05. The number of nitrogens with two attached hydrogens (primary N) is 1. The first-order valence-corrected chi connectivity index (χ1v) is 10.2. The number of aryl methyl sites for hydroxylation is 1. The third-order valence-electron chi connectivity index (χ3n) is 4.40. The van der Waals surface area contributed by atoms with Crippen LogP contribution in [-0.4, -0.2) is 24.5 Å². The van der Waals surface area contributed by atoms with E-state index in [1.807, 2.05) is 0 Å². The van der Waals surface area contributed by atoms with Crippen LogP contribution in [0.15, 0.2) is 45.8 Å². The molecular weight excluding hydrogens is 439 g/mol. The Morgan fingerprint density at radius 3 is 2.55 bits per heavy atom. The number of primary sulfonamides is 1. The normalized spacial score (nSPS) is 12.1. The molecule has 0 fully saturated rings. The Morgan fingerprint density at radius 1 is 1.19 bits per heavy atom. The van der Waals surface area contributed by atoms with Gasteiger partial charge in [0.05, 0.1) is 16.0 Å². The van der Waals surface area contributed by atoms with E-state index >= 15 is 0 Å². The third-order valence-corrected chi connectivity index (χ3v) is 5.44. The van der Waals surface area contributed by atoms with E-state index in [4.69, 9.17) is 14.4 Å². The van der Waals surface area contributed by atoms with E-state index < -0.39 is 34.3 Å². The van der Waals surface area contributed by atoms with Crippen LogP contribution in [0.5, 0.6) is 0 Å². The highest BCUT2D eigenvalue weighted by Crippen LogP contribution is 2.31. The summed E-state index contributed by atoms with van der Waals surface area (Å²) < 4.78 is 71.9. The van der Waals surface area contributed by atoms with Crippen LogP contribution in [0.2, 0.25) is 0 Å². The van der Waals surface area contributed by atoms with Crippen LogP contribution in [-0.2, 0) is 27.5 Å². The zero-order valence-electron chi connectivity index (χ0n) is 16.2. The fourth-order valence-corrected chi connectivity index (χ4v) is 3.60. The number of ether oxygens (including phenoxy) is 1. The Bertz CT molecular complexity index is 1250. The van der Waals surface area contributed by atoms with E-state index in [-0.39, 0.29) is 27.7 Å². The number of halogens is 3. The lowest BCUT2D eigenvalue weighted by Gasteiger charge is -2.10. The summed E-state index contributed by atoms with van der Waals surface area (Å²) in [4.78, 5) is 16.0. The molecule has 0 saturated heterocycles. The molecule has 1 heterocycles. The Balaban J connectivity index is 1.76. The second-order valence-electron chi connectivity index (χ2n) is 6.63. The SMILES string of the molecule is Cc1cc(C(=O)OCc2nc(-c3cccc(C(F)(F)F)c3)no2)cc(S(N)(=O)=O)c1C. The fraction of sp³-hybridized carbons (Fsp3) is 0.211. The van der Waals surface area contributed by atoms with E-state index in [0.717, 1.165) is 18.2 Å². The molecule has 0 aliphatic heterocycles. The van der Waals surface area contributed by atoms with Crippen molar-refractivity contribution in [3.63, 3.8) is 0 Å². The van der Waals surface area contributed by atoms with Crippen molar-refractivity contribution in [2.45, 2.75) is 31.5 Å². The molecule has 164 valence electrons. The lowest BCUT2D eigenvalue weighted by atomic mass is 10.1. The van der Waals surface area contributed by atoms with Crippen molar-refractivity contribution in [1.82, 2.24) is 10.1 Å². The molecule has 0 aliphatic carbocycles. The van der Waals surface area contributed by atoms with Crippen molar-refractivity contribution >= 4 is 16.0 Å². The van der Waals surface area contributed by atoms with E-state index in [9.17, 15) is 26.4 Å². The maximum atomic E-state index is 12.8. The molecule has 3 rings (SSSR count). The quantitative estimate of drug-likeness (QED) is 0.585. The molecule has 8 nitrogen and oxygen atoms in total. The van der Waals surface area contributed by atoms with Gasteiger partial charge in [-0.2, -0.15) is 18.2 Å². The van der Waals surface area contributed by atoms with Crippen LogP contribution >= 0.6 is 0 Å². The average molecular weight is 455 g/mol. The number of aromatic nitrogens is 2. The molecule has 0 spiro atoms. The van der Waals surface area contributed by atoms with Gasteiger partial charge in [-0.25, -0.2) is 18.4 Å². The number of hydrogen-bond acceptors (Lipinski definition) is 7. The summed E-state index contributed by atoms with van der Waals surface area (Å²) in [6, 6.07) is 6.89. The molecule has 2 aromatic carbocycles. The molecule has 0 saturated carbocycles. The minimum atomic E-state index is -4.53.